The van der Waals surface area contributed by atoms with Gasteiger partial charge in [-0.2, -0.15) is 0 Å². The van der Waals surface area contributed by atoms with E-state index in [0.29, 0.717) is 46.6 Å². The number of halogens is 1. The molecule has 25 heavy (non-hydrogen) atoms. The fourth-order valence-corrected chi connectivity index (χ4v) is 2.49. The van der Waals surface area contributed by atoms with Crippen molar-refractivity contribution in [3.8, 4) is 11.5 Å². The number of carbonyl (C=O) groups excluding carboxylic acids is 2. The number of fused-ring (bicyclic) bond motifs is 2. The van der Waals surface area contributed by atoms with E-state index in [1.165, 1.54) is 0 Å². The van der Waals surface area contributed by atoms with E-state index in [-0.39, 0.29) is 11.9 Å². The predicted octanol–water partition coefficient (Wildman–Crippen LogP) is 3.47. The third-order valence-electron chi connectivity index (χ3n) is 3.48. The Kier molecular flexibility index (Phi) is 5.06. The van der Waals surface area contributed by atoms with Gasteiger partial charge in [-0.05, 0) is 36.4 Å². The number of anilines is 2. The zero-order chi connectivity index (χ0) is 17.8. The molecule has 1 heterocycles. The maximum absolute atomic E-state index is 12.4. The van der Waals surface area contributed by atoms with Gasteiger partial charge in [0.1, 0.15) is 5.75 Å². The van der Waals surface area contributed by atoms with E-state index in [2.05, 4.69) is 16.0 Å². The number of nitrogens with one attached hydrogen (secondary N) is 3. The average molecular weight is 362 g/mol. The highest BCUT2D eigenvalue weighted by atomic mass is 35.5. The number of urea groups is 1. The average Bonchev–Trinajstić information content (AvgIpc) is 2.71. The highest BCUT2D eigenvalue weighted by Crippen LogP contribution is 2.37. The summed E-state index contributed by atoms with van der Waals surface area (Å²) in [6.45, 7) is 0.793. The standard InChI is InChI=1S/C17H16ClN3O4/c1-24-7-6-19-17(23)20-11-3-5-14-12(9-11)16(22)21-13-8-10(18)2-4-15(13)25-14/h2-5,8-9H,6-7H2,1H3,(H,21,22)(H2,19,20,23). The number of benzene rings is 2. The van der Waals surface area contributed by atoms with E-state index in [0.717, 1.165) is 0 Å². The Hall–Kier alpha value is -2.77. The van der Waals surface area contributed by atoms with Gasteiger partial charge in [-0.1, -0.05) is 11.6 Å². The second-order valence-electron chi connectivity index (χ2n) is 5.28. The lowest BCUT2D eigenvalue weighted by Gasteiger charge is -2.10. The molecule has 0 aliphatic carbocycles. The summed E-state index contributed by atoms with van der Waals surface area (Å²) in [6, 6.07) is 9.42. The summed E-state index contributed by atoms with van der Waals surface area (Å²) in [6.07, 6.45) is 0. The summed E-state index contributed by atoms with van der Waals surface area (Å²) in [7, 11) is 1.55. The molecule has 0 bridgehead atoms. The van der Waals surface area contributed by atoms with Gasteiger partial charge >= 0.3 is 6.03 Å². The Morgan fingerprint density at radius 1 is 1.24 bits per heavy atom. The van der Waals surface area contributed by atoms with Crippen LogP contribution in [0.2, 0.25) is 5.02 Å². The van der Waals surface area contributed by atoms with Crippen LogP contribution < -0.4 is 20.7 Å². The van der Waals surface area contributed by atoms with Crippen LogP contribution in [-0.2, 0) is 4.74 Å². The van der Waals surface area contributed by atoms with Gasteiger partial charge in [0.2, 0.25) is 0 Å². The monoisotopic (exact) mass is 361 g/mol. The van der Waals surface area contributed by atoms with Crippen molar-refractivity contribution < 1.29 is 19.1 Å². The highest BCUT2D eigenvalue weighted by Gasteiger charge is 2.21. The normalized spacial score (nSPS) is 12.2. The molecular formula is C17H16ClN3O4. The van der Waals surface area contributed by atoms with Gasteiger partial charge in [-0.3, -0.25) is 4.79 Å². The number of ether oxygens (including phenoxy) is 2. The topological polar surface area (TPSA) is 88.7 Å². The summed E-state index contributed by atoms with van der Waals surface area (Å²) in [4.78, 5) is 24.2. The van der Waals surface area contributed by atoms with Gasteiger partial charge < -0.3 is 25.4 Å². The van der Waals surface area contributed by atoms with Crippen LogP contribution >= 0.6 is 11.6 Å². The summed E-state index contributed by atoms with van der Waals surface area (Å²) in [5, 5.41) is 8.53. The Morgan fingerprint density at radius 2 is 2.04 bits per heavy atom. The summed E-state index contributed by atoms with van der Waals surface area (Å²) < 4.78 is 10.6. The van der Waals surface area contributed by atoms with Gasteiger partial charge in [-0.15, -0.1) is 0 Å². The number of hydrogen-bond acceptors (Lipinski definition) is 4. The molecule has 0 radical (unpaired) electrons. The molecule has 3 rings (SSSR count). The molecule has 7 nitrogen and oxygen atoms in total. The lowest BCUT2D eigenvalue weighted by atomic mass is 10.1. The van der Waals surface area contributed by atoms with Crippen LogP contribution in [0.4, 0.5) is 16.2 Å². The number of amides is 3. The van der Waals surface area contributed by atoms with Gasteiger partial charge in [0, 0.05) is 24.4 Å². The molecule has 2 aromatic carbocycles. The first-order chi connectivity index (χ1) is 12.1. The van der Waals surface area contributed by atoms with Crippen molar-refractivity contribution >= 4 is 34.9 Å². The Balaban J connectivity index is 1.79. The number of rotatable bonds is 4. The van der Waals surface area contributed by atoms with Crippen molar-refractivity contribution in [2.45, 2.75) is 0 Å². The zero-order valence-electron chi connectivity index (χ0n) is 13.4. The minimum absolute atomic E-state index is 0.307. The van der Waals surface area contributed by atoms with Gasteiger partial charge in [0.05, 0.1) is 17.9 Å². The molecule has 0 saturated carbocycles. The van der Waals surface area contributed by atoms with Crippen molar-refractivity contribution in [1.29, 1.82) is 0 Å². The van der Waals surface area contributed by atoms with Crippen molar-refractivity contribution in [3.05, 3.63) is 47.0 Å². The number of methoxy groups -OCH3 is 1. The fraction of sp³-hybridized carbons (Fsp3) is 0.176. The van der Waals surface area contributed by atoms with Gasteiger partial charge in [-0.25, -0.2) is 4.79 Å². The van der Waals surface area contributed by atoms with Crippen LogP contribution in [0.3, 0.4) is 0 Å². The lowest BCUT2D eigenvalue weighted by molar-refractivity contribution is 0.102. The Morgan fingerprint density at radius 3 is 2.84 bits per heavy atom. The van der Waals surface area contributed by atoms with Gasteiger partial charge in [0.25, 0.3) is 5.91 Å². The fourth-order valence-electron chi connectivity index (χ4n) is 2.31. The molecule has 1 aliphatic heterocycles. The molecular weight excluding hydrogens is 346 g/mol. The molecule has 3 N–H and O–H groups in total. The maximum Gasteiger partial charge on any atom is 0.319 e. The molecule has 8 heteroatoms. The molecule has 0 unspecified atom stereocenters. The summed E-state index contributed by atoms with van der Waals surface area (Å²) in [5.74, 6) is 0.540. The van der Waals surface area contributed by atoms with E-state index < -0.39 is 0 Å². The molecule has 3 amide bonds. The van der Waals surface area contributed by atoms with Crippen LogP contribution in [0.5, 0.6) is 11.5 Å². The zero-order valence-corrected chi connectivity index (χ0v) is 14.1. The Labute approximate surface area is 149 Å². The third-order valence-corrected chi connectivity index (χ3v) is 3.72. The Bertz CT molecular complexity index is 826. The van der Waals surface area contributed by atoms with Crippen LogP contribution in [0.25, 0.3) is 0 Å². The molecule has 0 aromatic heterocycles. The largest absolute Gasteiger partial charge is 0.454 e. The lowest BCUT2D eigenvalue weighted by Crippen LogP contribution is -2.31. The second-order valence-corrected chi connectivity index (χ2v) is 5.72. The van der Waals surface area contributed by atoms with E-state index in [9.17, 15) is 9.59 Å². The van der Waals surface area contributed by atoms with Crippen molar-refractivity contribution in [3.63, 3.8) is 0 Å². The number of carbonyl (C=O) groups is 2. The highest BCUT2D eigenvalue weighted by molar-refractivity contribution is 6.31. The quantitative estimate of drug-likeness (QED) is 0.727. The SMILES string of the molecule is COCCNC(=O)Nc1ccc2c(c1)C(=O)Nc1cc(Cl)ccc1O2. The van der Waals surface area contributed by atoms with Crippen molar-refractivity contribution in [2.24, 2.45) is 0 Å². The van der Waals surface area contributed by atoms with Crippen LogP contribution in [-0.4, -0.2) is 32.2 Å². The molecule has 0 fully saturated rings. The first-order valence-electron chi connectivity index (χ1n) is 7.53. The van der Waals surface area contributed by atoms with Gasteiger partial charge in [0.15, 0.2) is 5.75 Å². The molecule has 2 aromatic rings. The first kappa shape index (κ1) is 17.1. The molecule has 1 aliphatic rings. The molecule has 0 atom stereocenters. The number of hydrogen-bond donors (Lipinski definition) is 3. The maximum atomic E-state index is 12.4. The minimum atomic E-state index is -0.387. The third kappa shape index (κ3) is 4.01. The van der Waals surface area contributed by atoms with Crippen molar-refractivity contribution in [1.82, 2.24) is 5.32 Å². The van der Waals surface area contributed by atoms with Crippen LogP contribution in [0.15, 0.2) is 36.4 Å². The van der Waals surface area contributed by atoms with E-state index in [1.807, 2.05) is 0 Å². The molecule has 0 saturated heterocycles. The van der Waals surface area contributed by atoms with E-state index >= 15 is 0 Å². The summed E-state index contributed by atoms with van der Waals surface area (Å²) in [5.41, 5.74) is 1.26. The van der Waals surface area contributed by atoms with Crippen LogP contribution in [0.1, 0.15) is 10.4 Å². The minimum Gasteiger partial charge on any atom is -0.454 e. The molecule has 130 valence electrons. The van der Waals surface area contributed by atoms with Crippen LogP contribution in [0, 0.1) is 0 Å². The van der Waals surface area contributed by atoms with E-state index in [1.54, 1.807) is 43.5 Å². The predicted molar refractivity (Wildman–Crippen MR) is 94.8 cm³/mol. The first-order valence-corrected chi connectivity index (χ1v) is 7.91. The second kappa shape index (κ2) is 7.42. The van der Waals surface area contributed by atoms with E-state index in [4.69, 9.17) is 21.1 Å². The molecule has 0 spiro atoms. The van der Waals surface area contributed by atoms with Crippen molar-refractivity contribution in [2.75, 3.05) is 30.9 Å². The smallest absolute Gasteiger partial charge is 0.319 e. The summed E-state index contributed by atoms with van der Waals surface area (Å²) >= 11 is 5.95.